The molecule has 0 aromatic carbocycles. The highest BCUT2D eigenvalue weighted by molar-refractivity contribution is 5.76. The molecule has 0 saturated carbocycles. The smallest absolute Gasteiger partial charge is 0.305 e. The zero-order valence-electron chi connectivity index (χ0n) is 46.1. The molecule has 0 aromatic heterocycles. The Kier molecular flexibility index (Phi) is 57.0. The van der Waals surface area contributed by atoms with Crippen molar-refractivity contribution in [2.45, 2.75) is 360 Å². The van der Waals surface area contributed by atoms with E-state index in [0.29, 0.717) is 19.4 Å². The highest BCUT2D eigenvalue weighted by Gasteiger charge is 2.18. The van der Waals surface area contributed by atoms with Crippen LogP contribution in [0.5, 0.6) is 0 Å². The maximum absolute atomic E-state index is 12.4. The number of aliphatic hydroxyl groups is 2. The van der Waals surface area contributed by atoms with Crippen LogP contribution < -0.4 is 5.32 Å². The number of hydrogen-bond donors (Lipinski definition) is 3. The lowest BCUT2D eigenvalue weighted by Crippen LogP contribution is -2.45. The number of ether oxygens (including phenoxy) is 1. The van der Waals surface area contributed by atoms with Gasteiger partial charge in [0, 0.05) is 12.8 Å². The van der Waals surface area contributed by atoms with Gasteiger partial charge in [0.05, 0.1) is 25.4 Å². The molecule has 0 bridgehead atoms. The van der Waals surface area contributed by atoms with Crippen LogP contribution in [0, 0.1) is 0 Å². The molecule has 0 heterocycles. The van der Waals surface area contributed by atoms with Gasteiger partial charge in [-0.2, -0.15) is 0 Å². The number of hydrogen-bond acceptors (Lipinski definition) is 5. The van der Waals surface area contributed by atoms with Crippen molar-refractivity contribution in [1.82, 2.24) is 5.32 Å². The molecular weight excluding hydrogens is 839 g/mol. The van der Waals surface area contributed by atoms with Crippen LogP contribution in [-0.2, 0) is 14.3 Å². The largest absolute Gasteiger partial charge is 0.466 e. The Hall–Kier alpha value is -1.40. The molecule has 0 rings (SSSR count). The SMILES string of the molecule is CCCCCCCCCC/C=C/C(O)C(CO)NC(=O)CCCCCCCCCCCCCCCCCCCCCCCCCCCCCCOC(=O)CCCCCCCCCCCCCCC. The van der Waals surface area contributed by atoms with Crippen molar-refractivity contribution < 1.29 is 24.5 Å². The lowest BCUT2D eigenvalue weighted by atomic mass is 10.0. The van der Waals surface area contributed by atoms with Crippen LogP contribution in [0.25, 0.3) is 0 Å². The van der Waals surface area contributed by atoms with E-state index in [0.717, 1.165) is 38.5 Å². The highest BCUT2D eigenvalue weighted by atomic mass is 16.5. The van der Waals surface area contributed by atoms with E-state index in [2.05, 4.69) is 19.2 Å². The maximum Gasteiger partial charge on any atom is 0.305 e. The van der Waals surface area contributed by atoms with E-state index in [9.17, 15) is 19.8 Å². The van der Waals surface area contributed by atoms with Crippen molar-refractivity contribution in [2.24, 2.45) is 0 Å². The quantitative estimate of drug-likeness (QED) is 0.0321. The van der Waals surface area contributed by atoms with E-state index in [1.54, 1.807) is 6.08 Å². The zero-order chi connectivity index (χ0) is 49.3. The third kappa shape index (κ3) is 53.9. The summed E-state index contributed by atoms with van der Waals surface area (Å²) in [5.41, 5.74) is 0. The van der Waals surface area contributed by atoms with Crippen LogP contribution in [0.4, 0.5) is 0 Å². The molecular formula is C62H121NO5. The summed E-state index contributed by atoms with van der Waals surface area (Å²) < 4.78 is 5.48. The predicted molar refractivity (Wildman–Crippen MR) is 297 cm³/mol. The van der Waals surface area contributed by atoms with Crippen LogP contribution in [0.2, 0.25) is 0 Å². The van der Waals surface area contributed by atoms with E-state index < -0.39 is 12.1 Å². The molecule has 0 spiro atoms. The average Bonchev–Trinajstić information content (AvgIpc) is 3.34. The van der Waals surface area contributed by atoms with Crippen molar-refractivity contribution in [2.75, 3.05) is 13.2 Å². The van der Waals surface area contributed by atoms with Gasteiger partial charge < -0.3 is 20.3 Å². The minimum atomic E-state index is -0.839. The molecule has 68 heavy (non-hydrogen) atoms. The summed E-state index contributed by atoms with van der Waals surface area (Å²) in [7, 11) is 0. The molecule has 3 N–H and O–H groups in total. The number of allylic oxidation sites excluding steroid dienone is 1. The molecule has 6 nitrogen and oxygen atoms in total. The van der Waals surface area contributed by atoms with Gasteiger partial charge in [0.2, 0.25) is 5.91 Å². The lowest BCUT2D eigenvalue weighted by molar-refractivity contribution is -0.143. The number of unbranched alkanes of at least 4 members (excludes halogenated alkanes) is 47. The second kappa shape index (κ2) is 58.2. The monoisotopic (exact) mass is 960 g/mol. The fraction of sp³-hybridized carbons (Fsp3) is 0.935. The molecule has 0 aliphatic heterocycles. The fourth-order valence-electron chi connectivity index (χ4n) is 9.81. The Morgan fingerprint density at radius 3 is 1.00 bits per heavy atom. The van der Waals surface area contributed by atoms with Crippen LogP contribution in [0.15, 0.2) is 12.2 Å². The molecule has 404 valence electrons. The summed E-state index contributed by atoms with van der Waals surface area (Å²) in [4.78, 5) is 24.4. The van der Waals surface area contributed by atoms with E-state index in [4.69, 9.17) is 4.74 Å². The Bertz CT molecular complexity index is 1020. The molecule has 0 aliphatic carbocycles. The summed E-state index contributed by atoms with van der Waals surface area (Å²) in [5, 5.41) is 23.0. The first kappa shape index (κ1) is 66.6. The summed E-state index contributed by atoms with van der Waals surface area (Å²) in [6, 6.07) is -0.622. The Morgan fingerprint density at radius 2 is 0.676 bits per heavy atom. The van der Waals surface area contributed by atoms with Crippen LogP contribution in [0.1, 0.15) is 348 Å². The fourth-order valence-corrected chi connectivity index (χ4v) is 9.81. The second-order valence-corrected chi connectivity index (χ2v) is 21.4. The van der Waals surface area contributed by atoms with E-state index in [-0.39, 0.29) is 18.5 Å². The summed E-state index contributed by atoms with van der Waals surface area (Å²) in [5.74, 6) is -0.0450. The lowest BCUT2D eigenvalue weighted by Gasteiger charge is -2.20. The average molecular weight is 961 g/mol. The van der Waals surface area contributed by atoms with Crippen LogP contribution in [0.3, 0.4) is 0 Å². The normalized spacial score (nSPS) is 12.6. The number of aliphatic hydroxyl groups excluding tert-OH is 2. The zero-order valence-corrected chi connectivity index (χ0v) is 46.1. The third-order valence-electron chi connectivity index (χ3n) is 14.6. The summed E-state index contributed by atoms with van der Waals surface area (Å²) in [6.07, 6.45) is 69.8. The first-order valence-electron chi connectivity index (χ1n) is 31.0. The van der Waals surface area contributed by atoms with Gasteiger partial charge in [-0.25, -0.2) is 0 Å². The maximum atomic E-state index is 12.4. The number of carbonyl (C=O) groups excluding carboxylic acids is 2. The molecule has 0 aliphatic rings. The molecule has 0 radical (unpaired) electrons. The number of carbonyl (C=O) groups is 2. The van der Waals surface area contributed by atoms with Gasteiger partial charge in [-0.1, -0.05) is 315 Å². The van der Waals surface area contributed by atoms with E-state index in [1.165, 1.54) is 283 Å². The molecule has 1 amide bonds. The second-order valence-electron chi connectivity index (χ2n) is 21.4. The van der Waals surface area contributed by atoms with E-state index in [1.807, 2.05) is 6.08 Å². The number of esters is 1. The number of rotatable bonds is 58. The molecule has 0 saturated heterocycles. The van der Waals surface area contributed by atoms with Crippen molar-refractivity contribution in [3.8, 4) is 0 Å². The van der Waals surface area contributed by atoms with Gasteiger partial charge >= 0.3 is 5.97 Å². The molecule has 0 fully saturated rings. The third-order valence-corrected chi connectivity index (χ3v) is 14.6. The van der Waals surface area contributed by atoms with E-state index >= 15 is 0 Å². The van der Waals surface area contributed by atoms with Gasteiger partial charge in [0.1, 0.15) is 0 Å². The number of nitrogens with one attached hydrogen (secondary N) is 1. The van der Waals surface area contributed by atoms with Gasteiger partial charge in [0.15, 0.2) is 0 Å². The molecule has 0 aromatic rings. The number of amides is 1. The summed E-state index contributed by atoms with van der Waals surface area (Å²) in [6.45, 7) is 4.91. The van der Waals surface area contributed by atoms with Crippen molar-refractivity contribution in [1.29, 1.82) is 0 Å². The van der Waals surface area contributed by atoms with Gasteiger partial charge in [-0.15, -0.1) is 0 Å². The Labute approximate surface area is 425 Å². The molecule has 2 unspecified atom stereocenters. The minimum absolute atomic E-state index is 0.0203. The highest BCUT2D eigenvalue weighted by Crippen LogP contribution is 2.18. The minimum Gasteiger partial charge on any atom is -0.466 e. The Morgan fingerprint density at radius 1 is 0.397 bits per heavy atom. The van der Waals surface area contributed by atoms with Gasteiger partial charge in [-0.05, 0) is 32.1 Å². The predicted octanol–water partition coefficient (Wildman–Crippen LogP) is 19.2. The standard InChI is InChI=1S/C62H121NO5/c1-3-5-7-9-11-13-15-32-36-40-44-48-52-56-62(67)68-57-53-49-45-41-37-34-31-29-27-25-23-21-19-17-16-18-20-22-24-26-28-30-33-35-39-43-47-51-55-61(66)63-59(58-64)60(65)54-50-46-42-38-14-12-10-8-6-4-2/h50,54,59-60,64-65H,3-49,51-53,55-58H2,1-2H3,(H,63,66)/b54-50+. The van der Waals surface area contributed by atoms with Crippen molar-refractivity contribution in [3.63, 3.8) is 0 Å². The molecule has 6 heteroatoms. The first-order valence-corrected chi connectivity index (χ1v) is 31.0. The van der Waals surface area contributed by atoms with Crippen LogP contribution in [-0.4, -0.2) is 47.4 Å². The van der Waals surface area contributed by atoms with Gasteiger partial charge in [0.25, 0.3) is 0 Å². The first-order chi connectivity index (χ1) is 33.5. The topological polar surface area (TPSA) is 95.9 Å². The van der Waals surface area contributed by atoms with Gasteiger partial charge in [-0.3, -0.25) is 9.59 Å². The van der Waals surface area contributed by atoms with Crippen molar-refractivity contribution in [3.05, 3.63) is 12.2 Å². The Balaban J connectivity index is 3.32. The summed E-state index contributed by atoms with van der Waals surface area (Å²) >= 11 is 0. The molecule has 2 atom stereocenters. The van der Waals surface area contributed by atoms with Crippen molar-refractivity contribution >= 4 is 11.9 Å². The van der Waals surface area contributed by atoms with Crippen LogP contribution >= 0.6 is 0 Å².